The second-order valence-electron chi connectivity index (χ2n) is 5.90. The van der Waals surface area contributed by atoms with Crippen LogP contribution in [0.4, 0.5) is 0 Å². The summed E-state index contributed by atoms with van der Waals surface area (Å²) in [5.74, 6) is 0.543. The summed E-state index contributed by atoms with van der Waals surface area (Å²) in [5.41, 5.74) is 7.26. The standard InChI is InChI=1S/C15H26N4O/c1-12(2)10-20-11-14(19-7-3-4-8-19)15(16)13-9-17-5-6-18-13/h5-6,9,12,14-15H,3-4,7-8,10-11,16H2,1-2H3. The minimum atomic E-state index is -0.144. The first-order chi connectivity index (χ1) is 9.68. The summed E-state index contributed by atoms with van der Waals surface area (Å²) in [6.07, 6.45) is 7.62. The topological polar surface area (TPSA) is 64.3 Å². The molecule has 1 aromatic rings. The Balaban J connectivity index is 2.01. The molecule has 0 radical (unpaired) electrons. The molecule has 0 aliphatic carbocycles. The van der Waals surface area contributed by atoms with Crippen molar-refractivity contribution in [1.82, 2.24) is 14.9 Å². The van der Waals surface area contributed by atoms with Crippen LogP contribution in [0.1, 0.15) is 38.4 Å². The van der Waals surface area contributed by atoms with E-state index in [1.165, 1.54) is 12.8 Å². The Kier molecular flexibility index (Phi) is 5.88. The first-order valence-corrected chi connectivity index (χ1v) is 7.51. The summed E-state index contributed by atoms with van der Waals surface area (Å²) < 4.78 is 5.84. The molecular weight excluding hydrogens is 252 g/mol. The lowest BCUT2D eigenvalue weighted by Gasteiger charge is -2.32. The zero-order valence-corrected chi connectivity index (χ0v) is 12.5. The lowest BCUT2D eigenvalue weighted by atomic mass is 10.1. The maximum absolute atomic E-state index is 6.41. The van der Waals surface area contributed by atoms with Crippen LogP contribution in [-0.2, 0) is 4.74 Å². The van der Waals surface area contributed by atoms with Gasteiger partial charge >= 0.3 is 0 Å². The summed E-state index contributed by atoms with van der Waals surface area (Å²) in [6, 6.07) is 0.0434. The molecule has 20 heavy (non-hydrogen) atoms. The minimum absolute atomic E-state index is 0.144. The molecule has 0 aromatic carbocycles. The average Bonchev–Trinajstić information content (AvgIpc) is 2.97. The Bertz CT molecular complexity index is 379. The van der Waals surface area contributed by atoms with Crippen LogP contribution >= 0.6 is 0 Å². The normalized spacial score (nSPS) is 19.4. The Hall–Kier alpha value is -1.04. The van der Waals surface area contributed by atoms with Gasteiger partial charge in [0.05, 0.1) is 30.6 Å². The van der Waals surface area contributed by atoms with Crippen LogP contribution < -0.4 is 5.73 Å². The molecule has 0 saturated carbocycles. The van der Waals surface area contributed by atoms with Crippen LogP contribution in [-0.4, -0.2) is 47.2 Å². The van der Waals surface area contributed by atoms with Crippen molar-refractivity contribution in [2.45, 2.75) is 38.8 Å². The van der Waals surface area contributed by atoms with Gasteiger partial charge in [0.25, 0.3) is 0 Å². The van der Waals surface area contributed by atoms with Crippen molar-refractivity contribution >= 4 is 0 Å². The van der Waals surface area contributed by atoms with E-state index < -0.39 is 0 Å². The second kappa shape index (κ2) is 7.67. The third-order valence-corrected chi connectivity index (χ3v) is 3.69. The van der Waals surface area contributed by atoms with E-state index in [1.54, 1.807) is 18.6 Å². The van der Waals surface area contributed by atoms with Gasteiger partial charge in [-0.05, 0) is 31.8 Å². The van der Waals surface area contributed by atoms with E-state index in [9.17, 15) is 0 Å². The molecule has 2 atom stereocenters. The first kappa shape index (κ1) is 15.4. The van der Waals surface area contributed by atoms with Crippen molar-refractivity contribution in [3.05, 3.63) is 24.3 Å². The van der Waals surface area contributed by atoms with Crippen LogP contribution in [0.25, 0.3) is 0 Å². The summed E-state index contributed by atoms with van der Waals surface area (Å²) in [6.45, 7) is 7.96. The predicted octanol–water partition coefficient (Wildman–Crippen LogP) is 1.61. The Morgan fingerprint density at radius 3 is 2.60 bits per heavy atom. The number of rotatable bonds is 7. The van der Waals surface area contributed by atoms with Gasteiger partial charge < -0.3 is 10.5 Å². The third kappa shape index (κ3) is 4.23. The zero-order valence-electron chi connectivity index (χ0n) is 12.5. The predicted molar refractivity (Wildman–Crippen MR) is 79.2 cm³/mol. The van der Waals surface area contributed by atoms with Crippen molar-refractivity contribution in [1.29, 1.82) is 0 Å². The molecule has 0 spiro atoms. The highest BCUT2D eigenvalue weighted by atomic mass is 16.5. The molecule has 1 aliphatic heterocycles. The summed E-state index contributed by atoms with van der Waals surface area (Å²) in [4.78, 5) is 10.9. The van der Waals surface area contributed by atoms with Gasteiger partial charge in [0.2, 0.25) is 0 Å². The van der Waals surface area contributed by atoms with Gasteiger partial charge in [-0.15, -0.1) is 0 Å². The fourth-order valence-corrected chi connectivity index (χ4v) is 2.61. The number of nitrogens with two attached hydrogens (primary N) is 1. The van der Waals surface area contributed by atoms with E-state index in [1.807, 2.05) is 0 Å². The maximum Gasteiger partial charge on any atom is 0.0770 e. The summed E-state index contributed by atoms with van der Waals surface area (Å²) >= 11 is 0. The molecule has 1 aromatic heterocycles. The number of nitrogens with zero attached hydrogens (tertiary/aromatic N) is 3. The molecule has 1 aliphatic rings. The second-order valence-corrected chi connectivity index (χ2v) is 5.90. The van der Waals surface area contributed by atoms with Crippen LogP contribution in [0.15, 0.2) is 18.6 Å². The van der Waals surface area contributed by atoms with Crippen molar-refractivity contribution < 1.29 is 4.74 Å². The molecule has 1 saturated heterocycles. The van der Waals surface area contributed by atoms with Crippen molar-refractivity contribution in [2.24, 2.45) is 11.7 Å². The summed E-state index contributed by atoms with van der Waals surface area (Å²) in [7, 11) is 0. The van der Waals surface area contributed by atoms with Crippen molar-refractivity contribution in [3.8, 4) is 0 Å². The molecule has 2 rings (SSSR count). The Morgan fingerprint density at radius 1 is 1.25 bits per heavy atom. The van der Waals surface area contributed by atoms with Gasteiger partial charge in [-0.1, -0.05) is 13.8 Å². The minimum Gasteiger partial charge on any atom is -0.379 e. The van der Waals surface area contributed by atoms with Gasteiger partial charge in [0.1, 0.15) is 0 Å². The number of hydrogen-bond donors (Lipinski definition) is 1. The highest BCUT2D eigenvalue weighted by Gasteiger charge is 2.29. The Labute approximate surface area is 121 Å². The molecule has 112 valence electrons. The highest BCUT2D eigenvalue weighted by Crippen LogP contribution is 2.21. The number of likely N-dealkylation sites (tertiary alicyclic amines) is 1. The first-order valence-electron chi connectivity index (χ1n) is 7.51. The van der Waals surface area contributed by atoms with Gasteiger partial charge in [0.15, 0.2) is 0 Å². The van der Waals surface area contributed by atoms with Gasteiger partial charge in [-0.2, -0.15) is 0 Å². The van der Waals surface area contributed by atoms with Gasteiger partial charge in [-0.3, -0.25) is 14.9 Å². The van der Waals surface area contributed by atoms with Crippen molar-refractivity contribution in [3.63, 3.8) is 0 Å². The quantitative estimate of drug-likeness (QED) is 0.821. The zero-order chi connectivity index (χ0) is 14.4. The molecule has 0 bridgehead atoms. The van der Waals surface area contributed by atoms with E-state index in [-0.39, 0.29) is 12.1 Å². The van der Waals surface area contributed by atoms with E-state index in [4.69, 9.17) is 10.5 Å². The molecule has 5 nitrogen and oxygen atoms in total. The molecule has 2 heterocycles. The highest BCUT2D eigenvalue weighted by molar-refractivity contribution is 5.06. The average molecular weight is 278 g/mol. The fourth-order valence-electron chi connectivity index (χ4n) is 2.61. The van der Waals surface area contributed by atoms with E-state index in [2.05, 4.69) is 28.7 Å². The van der Waals surface area contributed by atoms with Crippen LogP contribution in [0.3, 0.4) is 0 Å². The molecule has 5 heteroatoms. The maximum atomic E-state index is 6.41. The third-order valence-electron chi connectivity index (χ3n) is 3.69. The Morgan fingerprint density at radius 2 is 2.00 bits per heavy atom. The van der Waals surface area contributed by atoms with Crippen LogP contribution in [0.2, 0.25) is 0 Å². The summed E-state index contributed by atoms with van der Waals surface area (Å²) in [5, 5.41) is 0. The SMILES string of the molecule is CC(C)COCC(C(N)c1cnccn1)N1CCCC1. The van der Waals surface area contributed by atoms with E-state index in [0.29, 0.717) is 12.5 Å². The number of ether oxygens (including phenoxy) is 1. The lowest BCUT2D eigenvalue weighted by Crippen LogP contribution is -2.45. The van der Waals surface area contributed by atoms with Crippen LogP contribution in [0.5, 0.6) is 0 Å². The molecular formula is C15H26N4O. The smallest absolute Gasteiger partial charge is 0.0770 e. The molecule has 0 amide bonds. The molecule has 2 unspecified atom stereocenters. The molecule has 2 N–H and O–H groups in total. The fraction of sp³-hybridized carbons (Fsp3) is 0.733. The van der Waals surface area contributed by atoms with Crippen molar-refractivity contribution in [2.75, 3.05) is 26.3 Å². The molecule has 1 fully saturated rings. The van der Waals surface area contributed by atoms with E-state index >= 15 is 0 Å². The number of hydrogen-bond acceptors (Lipinski definition) is 5. The monoisotopic (exact) mass is 278 g/mol. The largest absolute Gasteiger partial charge is 0.379 e. The van der Waals surface area contributed by atoms with E-state index in [0.717, 1.165) is 25.4 Å². The number of aromatic nitrogens is 2. The lowest BCUT2D eigenvalue weighted by molar-refractivity contribution is 0.0442. The van der Waals surface area contributed by atoms with Gasteiger partial charge in [0, 0.05) is 19.0 Å². The van der Waals surface area contributed by atoms with Crippen LogP contribution in [0, 0.1) is 5.92 Å². The van der Waals surface area contributed by atoms with Gasteiger partial charge in [-0.25, -0.2) is 0 Å².